The van der Waals surface area contributed by atoms with Crippen molar-refractivity contribution in [3.63, 3.8) is 0 Å². The molecule has 0 radical (unpaired) electrons. The largest absolute Gasteiger partial charge is 0.481 e. The summed E-state index contributed by atoms with van der Waals surface area (Å²) < 4.78 is 5.60. The molecule has 1 aliphatic rings. The predicted octanol–water partition coefficient (Wildman–Crippen LogP) is -2.65. The molecule has 9 N–H and O–H groups in total. The number of carbonyl (C=O) groups excluding carboxylic acids is 2. The molecular formula is C22H31N3O10. The maximum absolute atomic E-state index is 12.3. The summed E-state index contributed by atoms with van der Waals surface area (Å²) in [6, 6.07) is 6.72. The van der Waals surface area contributed by atoms with Crippen LogP contribution in [0, 0.1) is 0 Å². The Morgan fingerprint density at radius 2 is 1.57 bits per heavy atom. The number of aliphatic hydroxyl groups excluding tert-OH is 3. The molecule has 0 saturated carbocycles. The van der Waals surface area contributed by atoms with Gasteiger partial charge in [0.25, 0.3) is 0 Å². The van der Waals surface area contributed by atoms with Crippen LogP contribution in [0.1, 0.15) is 24.8 Å². The smallest absolute Gasteiger partial charge is 0.326 e. The molecule has 1 aromatic carbocycles. The van der Waals surface area contributed by atoms with Crippen LogP contribution in [0.3, 0.4) is 0 Å². The van der Waals surface area contributed by atoms with E-state index in [0.717, 1.165) is 5.56 Å². The van der Waals surface area contributed by atoms with E-state index in [-0.39, 0.29) is 19.4 Å². The highest BCUT2D eigenvalue weighted by atomic mass is 16.5. The van der Waals surface area contributed by atoms with E-state index in [4.69, 9.17) is 15.6 Å². The number of aliphatic hydroxyl groups is 3. The third-order valence-corrected chi connectivity index (χ3v) is 5.67. The Morgan fingerprint density at radius 1 is 0.943 bits per heavy atom. The SMILES string of the molecule is NC(=O)[C@H](Cc1ccccc1)NC[C@H]1O[C@@H](CC(=O)N[C@@H](CCC(=O)O)C(=O)O)[C@@H](O)[C@@H](O)[C@@H]1O. The number of carboxylic acids is 2. The van der Waals surface area contributed by atoms with E-state index in [1.54, 1.807) is 24.3 Å². The number of carboxylic acid groups (broad SMARTS) is 2. The van der Waals surface area contributed by atoms with Gasteiger partial charge in [0.15, 0.2) is 0 Å². The summed E-state index contributed by atoms with van der Waals surface area (Å²) in [4.78, 5) is 46.2. The van der Waals surface area contributed by atoms with Gasteiger partial charge >= 0.3 is 11.9 Å². The second-order valence-electron chi connectivity index (χ2n) is 8.33. The summed E-state index contributed by atoms with van der Waals surface area (Å²) >= 11 is 0. The van der Waals surface area contributed by atoms with E-state index in [2.05, 4.69) is 10.6 Å². The number of amides is 2. The van der Waals surface area contributed by atoms with Gasteiger partial charge in [-0.25, -0.2) is 4.79 Å². The molecule has 0 aliphatic carbocycles. The number of nitrogens with one attached hydrogen (secondary N) is 2. The lowest BCUT2D eigenvalue weighted by Crippen LogP contribution is -2.61. The molecular weight excluding hydrogens is 466 g/mol. The normalized spacial score (nSPS) is 25.9. The molecule has 0 aromatic heterocycles. The summed E-state index contributed by atoms with van der Waals surface area (Å²) in [5.41, 5.74) is 6.29. The third-order valence-electron chi connectivity index (χ3n) is 5.67. The summed E-state index contributed by atoms with van der Waals surface area (Å²) in [6.45, 7) is -0.153. The molecule has 0 bridgehead atoms. The fraction of sp³-hybridized carbons (Fsp3) is 0.545. The number of aliphatic carboxylic acids is 2. The standard InChI is InChI=1S/C22H31N3O10/c23-21(32)13(8-11-4-2-1-3-5-11)24-10-15-19(30)20(31)18(29)14(35-15)9-16(26)25-12(22(33)34)6-7-17(27)28/h1-5,12-15,18-20,24,29-31H,6-10H2,(H2,23,32)(H,25,26)(H,27,28)(H,33,34)/t12-,13-,14-,15+,18+,19+,20+/m0/s1. The minimum atomic E-state index is -1.68. The Hall–Kier alpha value is -3.10. The van der Waals surface area contributed by atoms with Crippen molar-refractivity contribution in [3.05, 3.63) is 35.9 Å². The highest BCUT2D eigenvalue weighted by molar-refractivity contribution is 5.84. The maximum atomic E-state index is 12.3. The quantitative estimate of drug-likeness (QED) is 0.140. The second-order valence-corrected chi connectivity index (χ2v) is 8.33. The molecule has 1 fully saturated rings. The Labute approximate surface area is 200 Å². The van der Waals surface area contributed by atoms with Crippen molar-refractivity contribution in [3.8, 4) is 0 Å². The van der Waals surface area contributed by atoms with Gasteiger partial charge in [-0.05, 0) is 18.4 Å². The number of rotatable bonds is 13. The first-order valence-electron chi connectivity index (χ1n) is 11.0. The van der Waals surface area contributed by atoms with Crippen molar-refractivity contribution in [2.75, 3.05) is 6.54 Å². The zero-order valence-corrected chi connectivity index (χ0v) is 18.8. The van der Waals surface area contributed by atoms with Crippen LogP contribution < -0.4 is 16.4 Å². The average Bonchev–Trinajstić information content (AvgIpc) is 2.80. The van der Waals surface area contributed by atoms with E-state index in [1.807, 2.05) is 6.07 Å². The fourth-order valence-corrected chi connectivity index (χ4v) is 3.71. The van der Waals surface area contributed by atoms with E-state index < -0.39 is 79.2 Å². The topological polar surface area (TPSA) is 229 Å². The summed E-state index contributed by atoms with van der Waals surface area (Å²) in [7, 11) is 0. The van der Waals surface area contributed by atoms with E-state index in [9.17, 15) is 39.6 Å². The van der Waals surface area contributed by atoms with Gasteiger partial charge in [-0.2, -0.15) is 0 Å². The van der Waals surface area contributed by atoms with Gasteiger partial charge in [-0.1, -0.05) is 30.3 Å². The summed E-state index contributed by atoms with van der Waals surface area (Å²) in [5.74, 6) is -4.18. The van der Waals surface area contributed by atoms with E-state index >= 15 is 0 Å². The van der Waals surface area contributed by atoms with Crippen LogP contribution in [0.5, 0.6) is 0 Å². The molecule has 35 heavy (non-hydrogen) atoms. The molecule has 0 spiro atoms. The summed E-state index contributed by atoms with van der Waals surface area (Å²) in [5, 5.41) is 53.7. The lowest BCUT2D eigenvalue weighted by molar-refractivity contribution is -0.221. The van der Waals surface area contributed by atoms with Gasteiger partial charge in [0.2, 0.25) is 11.8 Å². The van der Waals surface area contributed by atoms with Crippen LogP contribution >= 0.6 is 0 Å². The van der Waals surface area contributed by atoms with Gasteiger partial charge in [0, 0.05) is 13.0 Å². The van der Waals surface area contributed by atoms with Crippen molar-refractivity contribution in [2.24, 2.45) is 5.73 Å². The molecule has 7 atom stereocenters. The molecule has 2 amide bonds. The number of carbonyl (C=O) groups is 4. The van der Waals surface area contributed by atoms with Gasteiger partial charge < -0.3 is 46.6 Å². The van der Waals surface area contributed by atoms with Gasteiger partial charge in [-0.3, -0.25) is 14.4 Å². The minimum Gasteiger partial charge on any atom is -0.481 e. The van der Waals surface area contributed by atoms with Crippen molar-refractivity contribution in [1.29, 1.82) is 0 Å². The Balaban J connectivity index is 1.99. The minimum absolute atomic E-state index is 0.153. The lowest BCUT2D eigenvalue weighted by Gasteiger charge is -2.41. The molecule has 1 aromatic rings. The number of hydrogen-bond donors (Lipinski definition) is 8. The molecule has 1 heterocycles. The van der Waals surface area contributed by atoms with Crippen LogP contribution in [0.2, 0.25) is 0 Å². The number of primary amides is 1. The Bertz CT molecular complexity index is 883. The fourth-order valence-electron chi connectivity index (χ4n) is 3.71. The van der Waals surface area contributed by atoms with Crippen LogP contribution in [-0.4, -0.2) is 98.4 Å². The zero-order valence-electron chi connectivity index (χ0n) is 18.8. The Morgan fingerprint density at radius 3 is 2.14 bits per heavy atom. The van der Waals surface area contributed by atoms with Gasteiger partial charge in [-0.15, -0.1) is 0 Å². The van der Waals surface area contributed by atoms with Crippen LogP contribution in [-0.2, 0) is 30.3 Å². The monoisotopic (exact) mass is 497 g/mol. The molecule has 13 heteroatoms. The maximum Gasteiger partial charge on any atom is 0.326 e. The number of ether oxygens (including phenoxy) is 1. The Kier molecular flexibility index (Phi) is 10.5. The number of hydrogen-bond acceptors (Lipinski definition) is 9. The van der Waals surface area contributed by atoms with Crippen molar-refractivity contribution < 1.29 is 49.4 Å². The lowest BCUT2D eigenvalue weighted by atomic mass is 9.92. The van der Waals surface area contributed by atoms with Crippen molar-refractivity contribution in [2.45, 2.75) is 68.3 Å². The average molecular weight is 498 g/mol. The van der Waals surface area contributed by atoms with Gasteiger partial charge in [0.05, 0.1) is 24.7 Å². The van der Waals surface area contributed by atoms with E-state index in [1.165, 1.54) is 0 Å². The second kappa shape index (κ2) is 13.1. The zero-order chi connectivity index (χ0) is 26.1. The first-order chi connectivity index (χ1) is 16.5. The van der Waals surface area contributed by atoms with Crippen molar-refractivity contribution >= 4 is 23.8 Å². The summed E-state index contributed by atoms with van der Waals surface area (Å²) in [6.07, 6.45) is -8.49. The highest BCUT2D eigenvalue weighted by Crippen LogP contribution is 2.23. The molecule has 1 aliphatic heterocycles. The number of nitrogens with two attached hydrogens (primary N) is 1. The predicted molar refractivity (Wildman–Crippen MR) is 119 cm³/mol. The van der Waals surface area contributed by atoms with E-state index in [0.29, 0.717) is 0 Å². The first-order valence-corrected chi connectivity index (χ1v) is 11.0. The third kappa shape index (κ3) is 8.56. The number of benzene rings is 1. The van der Waals surface area contributed by atoms with Crippen molar-refractivity contribution in [1.82, 2.24) is 10.6 Å². The first kappa shape index (κ1) is 28.1. The molecule has 1 saturated heterocycles. The van der Waals surface area contributed by atoms with Crippen LogP contribution in [0.25, 0.3) is 0 Å². The molecule has 0 unspecified atom stereocenters. The molecule has 194 valence electrons. The molecule has 2 rings (SSSR count). The van der Waals surface area contributed by atoms with Gasteiger partial charge in [0.1, 0.15) is 24.4 Å². The van der Waals surface area contributed by atoms with Crippen LogP contribution in [0.15, 0.2) is 30.3 Å². The molecule has 13 nitrogen and oxygen atoms in total. The highest BCUT2D eigenvalue weighted by Gasteiger charge is 2.44. The van der Waals surface area contributed by atoms with Crippen LogP contribution in [0.4, 0.5) is 0 Å².